The molecule has 0 aromatic carbocycles. The first-order valence-electron chi connectivity index (χ1n) is 4.97. The van der Waals surface area contributed by atoms with Crippen molar-refractivity contribution in [2.24, 2.45) is 0 Å². The Balaban J connectivity index is 4.52. The SMILES string of the molecule is C=CCC/C=C(\Br)P(=O)(OCC)OCC. The molecule has 0 aliphatic carbocycles. The second kappa shape index (κ2) is 8.28. The maximum atomic E-state index is 12.1. The van der Waals surface area contributed by atoms with Crippen LogP contribution in [0.2, 0.25) is 0 Å². The quantitative estimate of drug-likeness (QED) is 0.377. The molecular formula is C10H18BrO3P. The number of hydrogen-bond acceptors (Lipinski definition) is 3. The largest absolute Gasteiger partial charge is 0.367 e. The van der Waals surface area contributed by atoms with E-state index in [4.69, 9.17) is 9.05 Å². The normalized spacial score (nSPS) is 12.9. The van der Waals surface area contributed by atoms with Crippen LogP contribution in [0.5, 0.6) is 0 Å². The zero-order valence-corrected chi connectivity index (χ0v) is 11.7. The van der Waals surface area contributed by atoms with Gasteiger partial charge in [0.15, 0.2) is 0 Å². The van der Waals surface area contributed by atoms with Crippen molar-refractivity contribution in [1.82, 2.24) is 0 Å². The van der Waals surface area contributed by atoms with Gasteiger partial charge in [-0.15, -0.1) is 6.58 Å². The Morgan fingerprint density at radius 2 is 1.87 bits per heavy atom. The van der Waals surface area contributed by atoms with E-state index in [-0.39, 0.29) is 0 Å². The van der Waals surface area contributed by atoms with E-state index < -0.39 is 7.60 Å². The lowest BCUT2D eigenvalue weighted by Gasteiger charge is -2.16. The van der Waals surface area contributed by atoms with E-state index >= 15 is 0 Å². The molecule has 0 amide bonds. The summed E-state index contributed by atoms with van der Waals surface area (Å²) >= 11 is 3.25. The summed E-state index contributed by atoms with van der Waals surface area (Å²) in [5, 5.41) is 0. The van der Waals surface area contributed by atoms with Gasteiger partial charge in [0.2, 0.25) is 0 Å². The molecule has 0 fully saturated rings. The lowest BCUT2D eigenvalue weighted by Crippen LogP contribution is -1.95. The maximum absolute atomic E-state index is 12.1. The van der Waals surface area contributed by atoms with Gasteiger partial charge < -0.3 is 9.05 Å². The molecule has 0 rings (SSSR count). The number of rotatable bonds is 8. The standard InChI is InChI=1S/C10H18BrO3P/c1-4-7-8-9-10(11)15(12,13-5-2)14-6-3/h4,9H,1,5-8H2,2-3H3/b10-9+. The molecule has 0 aliphatic rings. The predicted molar refractivity (Wildman–Crippen MR) is 67.3 cm³/mol. The summed E-state index contributed by atoms with van der Waals surface area (Å²) in [4.78, 5) is 0. The van der Waals surface area contributed by atoms with Crippen molar-refractivity contribution in [2.45, 2.75) is 26.7 Å². The topological polar surface area (TPSA) is 35.5 Å². The summed E-state index contributed by atoms with van der Waals surface area (Å²) in [7, 11) is -3.11. The molecule has 0 bridgehead atoms. The van der Waals surface area contributed by atoms with Gasteiger partial charge in [-0.1, -0.05) is 12.2 Å². The molecule has 0 atom stereocenters. The summed E-state index contributed by atoms with van der Waals surface area (Å²) in [6.07, 6.45) is 5.23. The zero-order valence-electron chi connectivity index (χ0n) is 9.24. The van der Waals surface area contributed by atoms with Crippen molar-refractivity contribution in [3.8, 4) is 0 Å². The van der Waals surface area contributed by atoms with E-state index in [9.17, 15) is 4.57 Å². The highest BCUT2D eigenvalue weighted by atomic mass is 79.9. The van der Waals surface area contributed by atoms with Gasteiger partial charge in [-0.2, -0.15) is 0 Å². The Labute approximate surface area is 100 Å². The molecule has 0 saturated carbocycles. The summed E-state index contributed by atoms with van der Waals surface area (Å²) < 4.78 is 22.9. The summed E-state index contributed by atoms with van der Waals surface area (Å²) in [6.45, 7) is 7.92. The van der Waals surface area contributed by atoms with Crippen molar-refractivity contribution < 1.29 is 13.6 Å². The third kappa shape index (κ3) is 5.67. The van der Waals surface area contributed by atoms with Gasteiger partial charge in [-0.05, 0) is 42.6 Å². The lowest BCUT2D eigenvalue weighted by atomic mass is 10.3. The van der Waals surface area contributed by atoms with Crippen molar-refractivity contribution in [3.05, 3.63) is 23.0 Å². The van der Waals surface area contributed by atoms with Gasteiger partial charge in [0.05, 0.1) is 13.2 Å². The van der Waals surface area contributed by atoms with Gasteiger partial charge in [0.25, 0.3) is 0 Å². The predicted octanol–water partition coefficient (Wildman–Crippen LogP) is 4.46. The van der Waals surface area contributed by atoms with E-state index in [1.807, 2.05) is 12.2 Å². The van der Waals surface area contributed by atoms with Crippen molar-refractivity contribution in [2.75, 3.05) is 13.2 Å². The van der Waals surface area contributed by atoms with Gasteiger partial charge in [0, 0.05) is 0 Å². The minimum Gasteiger partial charge on any atom is -0.305 e. The van der Waals surface area contributed by atoms with Gasteiger partial charge in [-0.3, -0.25) is 4.57 Å². The van der Waals surface area contributed by atoms with E-state index in [0.717, 1.165) is 12.8 Å². The van der Waals surface area contributed by atoms with E-state index in [2.05, 4.69) is 22.5 Å². The molecule has 0 aliphatic heterocycles. The fraction of sp³-hybridized carbons (Fsp3) is 0.600. The molecule has 0 spiro atoms. The highest BCUT2D eigenvalue weighted by Crippen LogP contribution is 2.58. The Morgan fingerprint density at radius 3 is 2.27 bits per heavy atom. The molecular weight excluding hydrogens is 279 g/mol. The third-order valence-electron chi connectivity index (χ3n) is 1.54. The van der Waals surface area contributed by atoms with Crippen molar-refractivity contribution in [1.29, 1.82) is 0 Å². The van der Waals surface area contributed by atoms with Crippen LogP contribution >= 0.6 is 23.5 Å². The monoisotopic (exact) mass is 296 g/mol. The highest BCUT2D eigenvalue weighted by Gasteiger charge is 2.27. The van der Waals surface area contributed by atoms with Crippen LogP contribution in [0.3, 0.4) is 0 Å². The number of hydrogen-bond donors (Lipinski definition) is 0. The first-order valence-corrected chi connectivity index (χ1v) is 7.30. The summed E-state index contributed by atoms with van der Waals surface area (Å²) in [6, 6.07) is 0. The third-order valence-corrected chi connectivity index (χ3v) is 5.07. The molecule has 0 heterocycles. The first-order chi connectivity index (χ1) is 7.10. The molecule has 0 unspecified atom stereocenters. The van der Waals surface area contributed by atoms with Crippen LogP contribution in [0.15, 0.2) is 23.0 Å². The van der Waals surface area contributed by atoms with E-state index in [0.29, 0.717) is 17.4 Å². The van der Waals surface area contributed by atoms with Crippen LogP contribution in [-0.4, -0.2) is 13.2 Å². The zero-order chi connectivity index (χ0) is 11.7. The second-order valence-corrected chi connectivity index (χ2v) is 6.19. The number of halogens is 1. The van der Waals surface area contributed by atoms with Crippen LogP contribution < -0.4 is 0 Å². The van der Waals surface area contributed by atoms with E-state index in [1.165, 1.54) is 0 Å². The summed E-state index contributed by atoms with van der Waals surface area (Å²) in [5.74, 6) is 0. The molecule has 0 N–H and O–H groups in total. The molecule has 88 valence electrons. The Morgan fingerprint density at radius 1 is 1.33 bits per heavy atom. The summed E-state index contributed by atoms with van der Waals surface area (Å²) in [5.41, 5.74) is 0. The Hall–Kier alpha value is 0.110. The van der Waals surface area contributed by atoms with Crippen LogP contribution in [0.1, 0.15) is 26.7 Å². The molecule has 15 heavy (non-hydrogen) atoms. The Kier molecular flexibility index (Phi) is 8.34. The van der Waals surface area contributed by atoms with Gasteiger partial charge in [-0.25, -0.2) is 0 Å². The van der Waals surface area contributed by atoms with E-state index in [1.54, 1.807) is 13.8 Å². The fourth-order valence-corrected chi connectivity index (χ4v) is 3.13. The minimum absolute atomic E-state index is 0.363. The maximum Gasteiger partial charge on any atom is 0.367 e. The Bertz CT molecular complexity index is 253. The average Bonchev–Trinajstić information content (AvgIpc) is 2.18. The highest BCUT2D eigenvalue weighted by molar-refractivity contribution is 9.13. The lowest BCUT2D eigenvalue weighted by molar-refractivity contribution is 0.228. The van der Waals surface area contributed by atoms with Crippen LogP contribution in [0.25, 0.3) is 0 Å². The van der Waals surface area contributed by atoms with Crippen LogP contribution in [0.4, 0.5) is 0 Å². The second-order valence-electron chi connectivity index (χ2n) is 2.73. The molecule has 0 saturated heterocycles. The number of allylic oxidation sites excluding steroid dienone is 2. The molecule has 0 radical (unpaired) electrons. The minimum atomic E-state index is -3.11. The van der Waals surface area contributed by atoms with Gasteiger partial charge >= 0.3 is 7.60 Å². The first kappa shape index (κ1) is 15.1. The molecule has 5 heteroatoms. The fourth-order valence-electron chi connectivity index (χ4n) is 0.933. The van der Waals surface area contributed by atoms with Gasteiger partial charge in [0.1, 0.15) is 4.22 Å². The molecule has 0 aromatic rings. The number of unbranched alkanes of at least 4 members (excludes halogenated alkanes) is 1. The van der Waals surface area contributed by atoms with Crippen LogP contribution in [-0.2, 0) is 13.6 Å². The average molecular weight is 297 g/mol. The van der Waals surface area contributed by atoms with Crippen LogP contribution in [0, 0.1) is 0 Å². The molecule has 3 nitrogen and oxygen atoms in total. The molecule has 0 aromatic heterocycles. The van der Waals surface area contributed by atoms with Crippen molar-refractivity contribution >= 4 is 23.5 Å². The van der Waals surface area contributed by atoms with Crippen molar-refractivity contribution in [3.63, 3.8) is 0 Å². The smallest absolute Gasteiger partial charge is 0.305 e.